The van der Waals surface area contributed by atoms with Crippen LogP contribution >= 0.6 is 11.6 Å². The fourth-order valence-electron chi connectivity index (χ4n) is 1.64. The Bertz CT molecular complexity index is 508. The van der Waals surface area contributed by atoms with Gasteiger partial charge in [0.15, 0.2) is 5.82 Å². The Morgan fingerprint density at radius 2 is 2.06 bits per heavy atom. The van der Waals surface area contributed by atoms with Gasteiger partial charge in [-0.15, -0.1) is 11.6 Å². The van der Waals surface area contributed by atoms with E-state index < -0.39 is 0 Å². The van der Waals surface area contributed by atoms with Gasteiger partial charge in [-0.1, -0.05) is 23.4 Å². The second-order valence-corrected chi connectivity index (χ2v) is 4.52. The van der Waals surface area contributed by atoms with E-state index in [9.17, 15) is 0 Å². The standard InChI is InChI=1S/C13H15ClN2O/c1-9-3-4-11(7-10(9)2)8-12-15-13(5-6-14)17-16-12/h3-4,7H,5-6,8H2,1-2H3. The summed E-state index contributed by atoms with van der Waals surface area (Å²) in [5.41, 5.74) is 3.78. The van der Waals surface area contributed by atoms with Crippen molar-refractivity contribution in [1.29, 1.82) is 0 Å². The Labute approximate surface area is 106 Å². The predicted molar refractivity (Wildman–Crippen MR) is 67.4 cm³/mol. The molecule has 0 aliphatic carbocycles. The molecule has 4 heteroatoms. The lowest BCUT2D eigenvalue weighted by Gasteiger charge is -2.02. The van der Waals surface area contributed by atoms with Gasteiger partial charge in [0.25, 0.3) is 0 Å². The van der Waals surface area contributed by atoms with E-state index in [1.165, 1.54) is 16.7 Å². The third-order valence-electron chi connectivity index (χ3n) is 2.75. The lowest BCUT2D eigenvalue weighted by Crippen LogP contribution is -1.93. The largest absolute Gasteiger partial charge is 0.339 e. The first-order chi connectivity index (χ1) is 8.19. The van der Waals surface area contributed by atoms with Crippen LogP contribution in [0.2, 0.25) is 0 Å². The van der Waals surface area contributed by atoms with E-state index in [0.717, 1.165) is 0 Å². The fourth-order valence-corrected chi connectivity index (χ4v) is 1.80. The van der Waals surface area contributed by atoms with E-state index in [4.69, 9.17) is 16.1 Å². The summed E-state index contributed by atoms with van der Waals surface area (Å²) in [4.78, 5) is 4.29. The third kappa shape index (κ3) is 3.07. The summed E-state index contributed by atoms with van der Waals surface area (Å²) >= 11 is 5.62. The van der Waals surface area contributed by atoms with Crippen molar-refractivity contribution < 1.29 is 4.52 Å². The molecule has 0 saturated carbocycles. The highest BCUT2D eigenvalue weighted by Crippen LogP contribution is 2.13. The second-order valence-electron chi connectivity index (χ2n) is 4.14. The summed E-state index contributed by atoms with van der Waals surface area (Å²) in [6.07, 6.45) is 1.33. The topological polar surface area (TPSA) is 38.9 Å². The van der Waals surface area contributed by atoms with Gasteiger partial charge < -0.3 is 4.52 Å². The Hall–Kier alpha value is -1.35. The molecule has 0 unspecified atom stereocenters. The maximum absolute atomic E-state index is 5.62. The first-order valence-electron chi connectivity index (χ1n) is 5.62. The molecule has 0 aliphatic heterocycles. The number of aryl methyl sites for hydroxylation is 3. The van der Waals surface area contributed by atoms with Crippen LogP contribution in [-0.4, -0.2) is 16.0 Å². The highest BCUT2D eigenvalue weighted by atomic mass is 35.5. The second kappa shape index (κ2) is 5.32. The van der Waals surface area contributed by atoms with Gasteiger partial charge in [-0.3, -0.25) is 0 Å². The molecular weight excluding hydrogens is 236 g/mol. The smallest absolute Gasteiger partial charge is 0.227 e. The number of nitrogens with zero attached hydrogens (tertiary/aromatic N) is 2. The Morgan fingerprint density at radius 3 is 2.76 bits per heavy atom. The van der Waals surface area contributed by atoms with Crippen LogP contribution in [-0.2, 0) is 12.8 Å². The first-order valence-corrected chi connectivity index (χ1v) is 6.16. The fraction of sp³-hybridized carbons (Fsp3) is 0.385. The zero-order chi connectivity index (χ0) is 12.3. The van der Waals surface area contributed by atoms with Crippen LogP contribution in [0, 0.1) is 13.8 Å². The van der Waals surface area contributed by atoms with E-state index in [1.54, 1.807) is 0 Å². The van der Waals surface area contributed by atoms with Crippen LogP contribution < -0.4 is 0 Å². The molecule has 0 spiro atoms. The van der Waals surface area contributed by atoms with E-state index in [-0.39, 0.29) is 0 Å². The summed E-state index contributed by atoms with van der Waals surface area (Å²) in [7, 11) is 0. The maximum Gasteiger partial charge on any atom is 0.227 e. The molecule has 17 heavy (non-hydrogen) atoms. The summed E-state index contributed by atoms with van der Waals surface area (Å²) in [6.45, 7) is 4.21. The molecule has 90 valence electrons. The molecule has 0 fully saturated rings. The van der Waals surface area contributed by atoms with Crippen LogP contribution in [0.15, 0.2) is 22.7 Å². The molecule has 1 aromatic carbocycles. The molecule has 0 amide bonds. The number of hydrogen-bond acceptors (Lipinski definition) is 3. The van der Waals surface area contributed by atoms with Crippen molar-refractivity contribution in [1.82, 2.24) is 10.1 Å². The minimum absolute atomic E-state index is 0.505. The van der Waals surface area contributed by atoms with Gasteiger partial charge in [-0.05, 0) is 30.5 Å². The van der Waals surface area contributed by atoms with Gasteiger partial charge in [0.2, 0.25) is 5.89 Å². The average Bonchev–Trinajstić information content (AvgIpc) is 2.72. The lowest BCUT2D eigenvalue weighted by molar-refractivity contribution is 0.378. The zero-order valence-electron chi connectivity index (χ0n) is 10.0. The normalized spacial score (nSPS) is 10.8. The molecule has 3 nitrogen and oxygen atoms in total. The Kier molecular flexibility index (Phi) is 3.79. The molecule has 1 aromatic heterocycles. The van der Waals surface area contributed by atoms with Gasteiger partial charge in [-0.25, -0.2) is 0 Å². The predicted octanol–water partition coefficient (Wildman–Crippen LogP) is 3.06. The van der Waals surface area contributed by atoms with Crippen LogP contribution in [0.25, 0.3) is 0 Å². The SMILES string of the molecule is Cc1ccc(Cc2noc(CCCl)n2)cc1C. The molecule has 0 atom stereocenters. The molecule has 0 saturated heterocycles. The van der Waals surface area contributed by atoms with Gasteiger partial charge in [0, 0.05) is 18.7 Å². The van der Waals surface area contributed by atoms with Crippen molar-refractivity contribution in [3.63, 3.8) is 0 Å². The molecule has 0 aliphatic rings. The summed E-state index contributed by atoms with van der Waals surface area (Å²) in [5.74, 6) is 1.83. The number of rotatable bonds is 4. The average molecular weight is 251 g/mol. The van der Waals surface area contributed by atoms with Gasteiger partial charge in [-0.2, -0.15) is 4.98 Å². The van der Waals surface area contributed by atoms with Crippen LogP contribution in [0.5, 0.6) is 0 Å². The van der Waals surface area contributed by atoms with Crippen molar-refractivity contribution in [3.8, 4) is 0 Å². The summed E-state index contributed by atoms with van der Waals surface area (Å²) in [5, 5.41) is 3.94. The quantitative estimate of drug-likeness (QED) is 0.783. The van der Waals surface area contributed by atoms with Crippen molar-refractivity contribution in [3.05, 3.63) is 46.6 Å². The van der Waals surface area contributed by atoms with Crippen molar-refractivity contribution in [2.75, 3.05) is 5.88 Å². The number of alkyl halides is 1. The number of hydrogen-bond donors (Lipinski definition) is 0. The molecule has 1 heterocycles. The Balaban J connectivity index is 2.11. The van der Waals surface area contributed by atoms with E-state index in [2.05, 4.69) is 42.2 Å². The molecule has 0 radical (unpaired) electrons. The molecule has 2 rings (SSSR count). The monoisotopic (exact) mass is 250 g/mol. The van der Waals surface area contributed by atoms with E-state index in [1.807, 2.05) is 0 Å². The van der Waals surface area contributed by atoms with Crippen LogP contribution in [0.4, 0.5) is 0 Å². The zero-order valence-corrected chi connectivity index (χ0v) is 10.8. The lowest BCUT2D eigenvalue weighted by atomic mass is 10.0. The first kappa shape index (κ1) is 12.1. The number of aromatic nitrogens is 2. The van der Waals surface area contributed by atoms with Crippen molar-refractivity contribution in [2.24, 2.45) is 0 Å². The summed E-state index contributed by atoms with van der Waals surface area (Å²) in [6, 6.07) is 6.37. The molecule has 2 aromatic rings. The minimum atomic E-state index is 0.505. The Morgan fingerprint density at radius 1 is 1.24 bits per heavy atom. The van der Waals surface area contributed by atoms with Crippen LogP contribution in [0.3, 0.4) is 0 Å². The molecule has 0 bridgehead atoms. The third-order valence-corrected chi connectivity index (χ3v) is 2.94. The molecular formula is C13H15ClN2O. The van der Waals surface area contributed by atoms with Gasteiger partial charge in [0.1, 0.15) is 0 Å². The minimum Gasteiger partial charge on any atom is -0.339 e. The van der Waals surface area contributed by atoms with Gasteiger partial charge in [0.05, 0.1) is 0 Å². The van der Waals surface area contributed by atoms with Crippen molar-refractivity contribution in [2.45, 2.75) is 26.7 Å². The van der Waals surface area contributed by atoms with E-state index >= 15 is 0 Å². The summed E-state index contributed by atoms with van der Waals surface area (Å²) < 4.78 is 5.09. The van der Waals surface area contributed by atoms with Crippen molar-refractivity contribution >= 4 is 11.6 Å². The van der Waals surface area contributed by atoms with Gasteiger partial charge >= 0.3 is 0 Å². The number of halogens is 1. The molecule has 0 N–H and O–H groups in total. The highest BCUT2D eigenvalue weighted by Gasteiger charge is 2.07. The maximum atomic E-state index is 5.62. The number of benzene rings is 1. The van der Waals surface area contributed by atoms with Crippen LogP contribution in [0.1, 0.15) is 28.4 Å². The highest BCUT2D eigenvalue weighted by molar-refractivity contribution is 6.17. The van der Waals surface area contributed by atoms with E-state index in [0.29, 0.717) is 30.4 Å².